The van der Waals surface area contributed by atoms with Crippen LogP contribution in [0.1, 0.15) is 10.5 Å². The molecule has 15 heavy (non-hydrogen) atoms. The quantitative estimate of drug-likeness (QED) is 0.505. The summed E-state index contributed by atoms with van der Waals surface area (Å²) in [5.74, 6) is -0.406. The van der Waals surface area contributed by atoms with Gasteiger partial charge in [-0.2, -0.15) is 0 Å². The molecule has 0 atom stereocenters. The largest absolute Gasteiger partial charge is 0.313 e. The summed E-state index contributed by atoms with van der Waals surface area (Å²) < 4.78 is 0.468. The van der Waals surface area contributed by atoms with Gasteiger partial charge in [-0.3, -0.25) is 14.9 Å². The van der Waals surface area contributed by atoms with Crippen LogP contribution in [0.3, 0.4) is 0 Å². The molecular weight excluding hydrogens is 266 g/mol. The minimum absolute atomic E-state index is 0.0233. The Kier molecular flexibility index (Phi) is 3.87. The standard InChI is InChI=1S/C8H8BrN3O3/c1-10-4-7(13)8-6(12(14)15)2-5(9)3-11-8/h2-3,10H,4H2,1H3. The molecule has 0 amide bonds. The Hall–Kier alpha value is -1.34. The van der Waals surface area contributed by atoms with Gasteiger partial charge in [-0.05, 0) is 23.0 Å². The van der Waals surface area contributed by atoms with Crippen molar-refractivity contribution >= 4 is 27.4 Å². The van der Waals surface area contributed by atoms with Crippen molar-refractivity contribution in [2.75, 3.05) is 13.6 Å². The number of nitro groups is 1. The molecular formula is C8H8BrN3O3. The second kappa shape index (κ2) is 4.94. The Morgan fingerprint density at radius 2 is 2.40 bits per heavy atom. The minimum Gasteiger partial charge on any atom is -0.313 e. The van der Waals surface area contributed by atoms with Gasteiger partial charge in [-0.25, -0.2) is 4.98 Å². The maximum absolute atomic E-state index is 11.4. The molecule has 0 saturated heterocycles. The first kappa shape index (κ1) is 11.7. The van der Waals surface area contributed by atoms with E-state index in [-0.39, 0.29) is 17.9 Å². The number of Topliss-reactive ketones (excluding diaryl/α,β-unsaturated/α-hetero) is 1. The molecule has 0 aliphatic rings. The Bertz CT molecular complexity index is 408. The summed E-state index contributed by atoms with van der Waals surface area (Å²) in [6, 6.07) is 1.26. The molecule has 1 N–H and O–H groups in total. The van der Waals surface area contributed by atoms with Gasteiger partial charge >= 0.3 is 0 Å². The summed E-state index contributed by atoms with van der Waals surface area (Å²) in [5.41, 5.74) is -0.415. The molecule has 0 aliphatic carbocycles. The molecule has 6 nitrogen and oxygen atoms in total. The van der Waals surface area contributed by atoms with E-state index in [2.05, 4.69) is 26.2 Å². The molecule has 0 spiro atoms. The lowest BCUT2D eigenvalue weighted by Gasteiger charge is -2.00. The van der Waals surface area contributed by atoms with Gasteiger partial charge in [0.25, 0.3) is 5.69 Å². The maximum Gasteiger partial charge on any atom is 0.299 e. The number of likely N-dealkylation sites (N-methyl/N-ethyl adjacent to an activating group) is 1. The summed E-state index contributed by atoms with van der Waals surface area (Å²) in [6.45, 7) is 0.0233. The van der Waals surface area contributed by atoms with E-state index >= 15 is 0 Å². The third-order valence-corrected chi connectivity index (χ3v) is 2.07. The number of ketones is 1. The van der Waals surface area contributed by atoms with Gasteiger partial charge in [0.1, 0.15) is 0 Å². The van der Waals surface area contributed by atoms with E-state index < -0.39 is 10.7 Å². The minimum atomic E-state index is -0.624. The molecule has 0 aromatic carbocycles. The van der Waals surface area contributed by atoms with Gasteiger partial charge < -0.3 is 5.32 Å². The van der Waals surface area contributed by atoms with Crippen molar-refractivity contribution in [2.45, 2.75) is 0 Å². The van der Waals surface area contributed by atoms with Crippen molar-refractivity contribution in [3.05, 3.63) is 32.5 Å². The van der Waals surface area contributed by atoms with Crippen LogP contribution in [0, 0.1) is 10.1 Å². The van der Waals surface area contributed by atoms with E-state index in [1.54, 1.807) is 7.05 Å². The highest BCUT2D eigenvalue weighted by atomic mass is 79.9. The average molecular weight is 274 g/mol. The average Bonchev–Trinajstić information content (AvgIpc) is 2.17. The molecule has 0 unspecified atom stereocenters. The van der Waals surface area contributed by atoms with Gasteiger partial charge in [0.2, 0.25) is 5.78 Å². The number of pyridine rings is 1. The number of hydrogen-bond acceptors (Lipinski definition) is 5. The van der Waals surface area contributed by atoms with Crippen LogP contribution >= 0.6 is 15.9 Å². The third-order valence-electron chi connectivity index (χ3n) is 1.63. The highest BCUT2D eigenvalue weighted by Gasteiger charge is 2.21. The van der Waals surface area contributed by atoms with Crippen LogP contribution in [0.2, 0.25) is 0 Å². The second-order valence-electron chi connectivity index (χ2n) is 2.73. The van der Waals surface area contributed by atoms with Crippen molar-refractivity contribution < 1.29 is 9.72 Å². The summed E-state index contributed by atoms with van der Waals surface area (Å²) in [4.78, 5) is 25.2. The number of nitrogens with zero attached hydrogens (tertiary/aromatic N) is 2. The van der Waals surface area contributed by atoms with Gasteiger partial charge in [0, 0.05) is 16.7 Å². The Labute approximate surface area is 94.0 Å². The molecule has 1 rings (SSSR count). The van der Waals surface area contributed by atoms with Crippen molar-refractivity contribution in [1.29, 1.82) is 0 Å². The first-order valence-corrected chi connectivity index (χ1v) is 4.83. The second-order valence-corrected chi connectivity index (χ2v) is 3.65. The monoisotopic (exact) mass is 273 g/mol. The van der Waals surface area contributed by atoms with Gasteiger partial charge in [0.05, 0.1) is 11.5 Å². The van der Waals surface area contributed by atoms with Crippen molar-refractivity contribution in [3.8, 4) is 0 Å². The van der Waals surface area contributed by atoms with E-state index in [4.69, 9.17) is 0 Å². The summed E-state index contributed by atoms with van der Waals surface area (Å²) in [5, 5.41) is 13.3. The van der Waals surface area contributed by atoms with E-state index in [9.17, 15) is 14.9 Å². The number of rotatable bonds is 4. The normalized spacial score (nSPS) is 10.0. The number of nitrogens with one attached hydrogen (secondary N) is 1. The summed E-state index contributed by atoms with van der Waals surface area (Å²) >= 11 is 3.06. The van der Waals surface area contributed by atoms with Crippen molar-refractivity contribution in [1.82, 2.24) is 10.3 Å². The number of aromatic nitrogens is 1. The zero-order chi connectivity index (χ0) is 11.4. The first-order chi connectivity index (χ1) is 7.06. The molecule has 0 bridgehead atoms. The molecule has 7 heteroatoms. The molecule has 0 saturated carbocycles. The predicted octanol–water partition coefficient (Wildman–Crippen LogP) is 1.15. The number of carbonyl (C=O) groups is 1. The van der Waals surface area contributed by atoms with Gasteiger partial charge in [-0.15, -0.1) is 0 Å². The highest BCUT2D eigenvalue weighted by Crippen LogP contribution is 2.21. The molecule has 0 radical (unpaired) electrons. The van der Waals surface area contributed by atoms with E-state index in [1.807, 2.05) is 0 Å². The van der Waals surface area contributed by atoms with Crippen LogP contribution in [-0.2, 0) is 0 Å². The fraction of sp³-hybridized carbons (Fsp3) is 0.250. The molecule has 0 fully saturated rings. The van der Waals surface area contributed by atoms with Crippen LogP contribution in [0.25, 0.3) is 0 Å². The Morgan fingerprint density at radius 1 is 1.73 bits per heavy atom. The fourth-order valence-corrected chi connectivity index (χ4v) is 1.35. The van der Waals surface area contributed by atoms with Gasteiger partial charge in [-0.1, -0.05) is 0 Å². The summed E-state index contributed by atoms with van der Waals surface area (Å²) in [7, 11) is 1.59. The zero-order valence-corrected chi connectivity index (χ0v) is 9.44. The van der Waals surface area contributed by atoms with Crippen LogP contribution in [0.4, 0.5) is 5.69 Å². The van der Waals surface area contributed by atoms with E-state index in [0.717, 1.165) is 0 Å². The van der Waals surface area contributed by atoms with Crippen LogP contribution in [0.5, 0.6) is 0 Å². The van der Waals surface area contributed by atoms with Crippen molar-refractivity contribution in [2.24, 2.45) is 0 Å². The maximum atomic E-state index is 11.4. The van der Waals surface area contributed by atoms with Crippen LogP contribution in [-0.4, -0.2) is 29.3 Å². The summed E-state index contributed by atoms with van der Waals surface area (Å²) in [6.07, 6.45) is 1.36. The third kappa shape index (κ3) is 2.80. The highest BCUT2D eigenvalue weighted by molar-refractivity contribution is 9.10. The Morgan fingerprint density at radius 3 is 2.93 bits per heavy atom. The first-order valence-electron chi connectivity index (χ1n) is 4.04. The molecule has 1 aromatic rings. The smallest absolute Gasteiger partial charge is 0.299 e. The van der Waals surface area contributed by atoms with Crippen LogP contribution in [0.15, 0.2) is 16.7 Å². The zero-order valence-electron chi connectivity index (χ0n) is 7.86. The van der Waals surface area contributed by atoms with Gasteiger partial charge in [0.15, 0.2) is 5.69 Å². The van der Waals surface area contributed by atoms with E-state index in [1.165, 1.54) is 12.3 Å². The molecule has 1 aromatic heterocycles. The predicted molar refractivity (Wildman–Crippen MR) is 56.8 cm³/mol. The molecule has 1 heterocycles. The lowest BCUT2D eigenvalue weighted by atomic mass is 10.2. The number of carbonyl (C=O) groups excluding carboxylic acids is 1. The lowest BCUT2D eigenvalue weighted by Crippen LogP contribution is -2.20. The topological polar surface area (TPSA) is 85.1 Å². The number of halogens is 1. The molecule has 80 valence electrons. The fourth-order valence-electron chi connectivity index (χ4n) is 1.03. The Balaban J connectivity index is 3.17. The SMILES string of the molecule is CNCC(=O)c1ncc(Br)cc1[N+](=O)[O-]. The number of hydrogen-bond donors (Lipinski definition) is 1. The van der Waals surface area contributed by atoms with E-state index in [0.29, 0.717) is 4.47 Å². The lowest BCUT2D eigenvalue weighted by molar-refractivity contribution is -0.385. The molecule has 0 aliphatic heterocycles. The van der Waals surface area contributed by atoms with Crippen molar-refractivity contribution in [3.63, 3.8) is 0 Å². The van der Waals surface area contributed by atoms with Crippen LogP contribution < -0.4 is 5.32 Å².